The molecule has 3 aromatic heterocycles. The number of benzene rings is 2. The maximum Gasteiger partial charge on any atom is 0.254 e. The summed E-state index contributed by atoms with van der Waals surface area (Å²) in [5, 5.41) is 9.61. The zero-order valence-corrected chi connectivity index (χ0v) is 21.7. The molecule has 0 spiro atoms. The van der Waals surface area contributed by atoms with E-state index < -0.39 is 0 Å². The molecule has 0 saturated carbocycles. The van der Waals surface area contributed by atoms with Crippen LogP contribution in [0.1, 0.15) is 33.5 Å². The minimum atomic E-state index is -0.190. The minimum Gasteiger partial charge on any atom is -0.338 e. The largest absolute Gasteiger partial charge is 0.338 e. The molecule has 6 rings (SSSR count). The van der Waals surface area contributed by atoms with Gasteiger partial charge in [-0.1, -0.05) is 30.3 Å². The smallest absolute Gasteiger partial charge is 0.254 e. The van der Waals surface area contributed by atoms with Crippen LogP contribution in [0.15, 0.2) is 88.6 Å². The summed E-state index contributed by atoms with van der Waals surface area (Å²) in [7, 11) is 1.75. The number of amides is 1. The van der Waals surface area contributed by atoms with E-state index in [4.69, 9.17) is 0 Å². The van der Waals surface area contributed by atoms with Crippen molar-refractivity contribution in [2.75, 3.05) is 13.1 Å². The number of carbonyl (C=O) groups is 1. The molecule has 1 fully saturated rings. The highest BCUT2D eigenvalue weighted by Crippen LogP contribution is 2.41. The fourth-order valence-electron chi connectivity index (χ4n) is 5.72. The molecule has 7 heteroatoms. The van der Waals surface area contributed by atoms with E-state index in [0.29, 0.717) is 6.54 Å². The van der Waals surface area contributed by atoms with Crippen LogP contribution in [0, 0.1) is 6.92 Å². The van der Waals surface area contributed by atoms with Gasteiger partial charge >= 0.3 is 0 Å². The molecule has 6 nitrogen and oxygen atoms in total. The van der Waals surface area contributed by atoms with Crippen LogP contribution in [0.2, 0.25) is 0 Å². The molecule has 1 saturated heterocycles. The number of pyridine rings is 1. The van der Waals surface area contributed by atoms with Crippen molar-refractivity contribution in [3.05, 3.63) is 116 Å². The molecule has 5 aromatic rings. The second-order valence-corrected chi connectivity index (χ2v) is 10.8. The second kappa shape index (κ2) is 9.16. The predicted molar refractivity (Wildman–Crippen MR) is 148 cm³/mol. The number of carbonyl (C=O) groups excluding carboxylic acids is 1. The molecule has 186 valence electrons. The van der Waals surface area contributed by atoms with E-state index >= 15 is 0 Å². The lowest BCUT2D eigenvalue weighted by Crippen LogP contribution is -2.36. The van der Waals surface area contributed by atoms with Gasteiger partial charge < -0.3 is 9.47 Å². The van der Waals surface area contributed by atoms with Crippen molar-refractivity contribution in [2.24, 2.45) is 7.05 Å². The lowest BCUT2D eigenvalue weighted by molar-refractivity contribution is 0.0783. The Kier molecular flexibility index (Phi) is 5.80. The van der Waals surface area contributed by atoms with Crippen LogP contribution in [0.5, 0.6) is 0 Å². The van der Waals surface area contributed by atoms with Gasteiger partial charge in [-0.25, -0.2) is 4.68 Å². The summed E-state index contributed by atoms with van der Waals surface area (Å²) in [6.07, 6.45) is 5.46. The average molecular weight is 509 g/mol. The first-order chi connectivity index (χ1) is 17.9. The highest BCUT2D eigenvalue weighted by Gasteiger charge is 2.42. The SMILES string of the molecule is Cc1cc2c(cnn2-c2ccc(=O)n(C)c2)cc1C1(Cc2ccccc2)CCN(C(=O)c2ccsc2)C1. The van der Waals surface area contributed by atoms with Crippen LogP contribution in [0.3, 0.4) is 0 Å². The third-order valence-corrected chi connectivity index (χ3v) is 8.28. The van der Waals surface area contributed by atoms with Gasteiger partial charge in [0.2, 0.25) is 5.56 Å². The van der Waals surface area contributed by atoms with Gasteiger partial charge in [-0.05, 0) is 66.1 Å². The highest BCUT2D eigenvalue weighted by molar-refractivity contribution is 7.08. The summed E-state index contributed by atoms with van der Waals surface area (Å²) >= 11 is 1.56. The van der Waals surface area contributed by atoms with Crippen molar-refractivity contribution in [3.8, 4) is 5.69 Å². The summed E-state index contributed by atoms with van der Waals surface area (Å²) in [5.74, 6) is 0.109. The number of nitrogens with zero attached hydrogens (tertiary/aromatic N) is 4. The van der Waals surface area contributed by atoms with E-state index in [9.17, 15) is 9.59 Å². The zero-order chi connectivity index (χ0) is 25.6. The Balaban J connectivity index is 1.43. The summed E-state index contributed by atoms with van der Waals surface area (Å²) in [6, 6.07) is 20.3. The Morgan fingerprint density at radius 2 is 1.95 bits per heavy atom. The number of rotatable bonds is 5. The van der Waals surface area contributed by atoms with Gasteiger partial charge in [0.25, 0.3) is 5.91 Å². The minimum absolute atomic E-state index is 0.0516. The van der Waals surface area contributed by atoms with Crippen LogP contribution >= 0.6 is 11.3 Å². The first-order valence-electron chi connectivity index (χ1n) is 12.4. The summed E-state index contributed by atoms with van der Waals surface area (Å²) in [4.78, 5) is 27.2. The van der Waals surface area contributed by atoms with Gasteiger partial charge in [0, 0.05) is 48.6 Å². The van der Waals surface area contributed by atoms with E-state index in [-0.39, 0.29) is 16.9 Å². The Morgan fingerprint density at radius 1 is 1.11 bits per heavy atom. The van der Waals surface area contributed by atoms with Crippen molar-refractivity contribution in [2.45, 2.75) is 25.2 Å². The molecule has 0 aliphatic carbocycles. The highest BCUT2D eigenvalue weighted by atomic mass is 32.1. The van der Waals surface area contributed by atoms with Crippen molar-refractivity contribution < 1.29 is 4.79 Å². The fraction of sp³-hybridized carbons (Fsp3) is 0.233. The maximum atomic E-state index is 13.3. The van der Waals surface area contributed by atoms with Gasteiger partial charge in [0.05, 0.1) is 23.0 Å². The molecule has 1 amide bonds. The normalized spacial score (nSPS) is 17.5. The molecule has 0 N–H and O–H groups in total. The van der Waals surface area contributed by atoms with Crippen LogP contribution in [-0.2, 0) is 18.9 Å². The number of aromatic nitrogens is 3. The average Bonchev–Trinajstić information content (AvgIpc) is 3.66. The molecule has 1 aliphatic heterocycles. The maximum absolute atomic E-state index is 13.3. The molecule has 1 unspecified atom stereocenters. The van der Waals surface area contributed by atoms with Crippen LogP contribution in [0.25, 0.3) is 16.6 Å². The number of aryl methyl sites for hydroxylation is 2. The topological polar surface area (TPSA) is 60.1 Å². The quantitative estimate of drug-likeness (QED) is 0.331. The Hall–Kier alpha value is -3.97. The summed E-state index contributed by atoms with van der Waals surface area (Å²) < 4.78 is 3.45. The van der Waals surface area contributed by atoms with E-state index in [0.717, 1.165) is 41.5 Å². The third kappa shape index (κ3) is 4.19. The monoisotopic (exact) mass is 508 g/mol. The van der Waals surface area contributed by atoms with Crippen LogP contribution < -0.4 is 5.56 Å². The summed E-state index contributed by atoms with van der Waals surface area (Å²) in [6.45, 7) is 3.57. The molecule has 4 heterocycles. The lowest BCUT2D eigenvalue weighted by atomic mass is 9.73. The number of hydrogen-bond acceptors (Lipinski definition) is 4. The van der Waals surface area contributed by atoms with Gasteiger partial charge in [0.15, 0.2) is 0 Å². The number of fused-ring (bicyclic) bond motifs is 1. The molecular formula is C30H28N4O2S. The van der Waals surface area contributed by atoms with Crippen molar-refractivity contribution in [1.29, 1.82) is 0 Å². The van der Waals surface area contributed by atoms with Crippen molar-refractivity contribution in [3.63, 3.8) is 0 Å². The van der Waals surface area contributed by atoms with Gasteiger partial charge in [0.1, 0.15) is 0 Å². The van der Waals surface area contributed by atoms with Crippen molar-refractivity contribution >= 4 is 28.1 Å². The number of likely N-dealkylation sites (tertiary alicyclic amines) is 1. The van der Waals surface area contributed by atoms with Crippen molar-refractivity contribution in [1.82, 2.24) is 19.2 Å². The van der Waals surface area contributed by atoms with E-state index in [1.807, 2.05) is 38.7 Å². The Bertz CT molecular complexity index is 1650. The van der Waals surface area contributed by atoms with E-state index in [2.05, 4.69) is 48.4 Å². The van der Waals surface area contributed by atoms with Crippen LogP contribution in [0.4, 0.5) is 0 Å². The molecule has 1 atom stereocenters. The number of thiophene rings is 1. The Morgan fingerprint density at radius 3 is 2.70 bits per heavy atom. The lowest BCUT2D eigenvalue weighted by Gasteiger charge is -2.32. The van der Waals surface area contributed by atoms with Gasteiger partial charge in [-0.2, -0.15) is 16.4 Å². The second-order valence-electron chi connectivity index (χ2n) is 10.1. The first kappa shape index (κ1) is 23.4. The molecule has 37 heavy (non-hydrogen) atoms. The van der Waals surface area contributed by atoms with Gasteiger partial charge in [-0.15, -0.1) is 0 Å². The Labute approximate surface area is 219 Å². The van der Waals surface area contributed by atoms with Crippen LogP contribution in [-0.4, -0.2) is 38.2 Å². The zero-order valence-electron chi connectivity index (χ0n) is 20.9. The molecule has 1 aliphatic rings. The number of hydrogen-bond donors (Lipinski definition) is 0. The molecule has 2 aromatic carbocycles. The van der Waals surface area contributed by atoms with Gasteiger partial charge in [-0.3, -0.25) is 9.59 Å². The third-order valence-electron chi connectivity index (χ3n) is 7.59. The van der Waals surface area contributed by atoms with E-state index in [1.165, 1.54) is 16.7 Å². The fourth-order valence-corrected chi connectivity index (χ4v) is 6.35. The summed E-state index contributed by atoms with van der Waals surface area (Å²) in [5.41, 5.74) is 6.09. The van der Waals surface area contributed by atoms with E-state index in [1.54, 1.807) is 41.3 Å². The molecular weight excluding hydrogens is 480 g/mol. The standard InChI is InChI=1S/C30H28N4O2S/c1-21-14-27-24(17-31-34(27)25-8-9-28(35)32(2)18-25)15-26(21)30(16-22-6-4-3-5-7-22)11-12-33(20-30)29(36)23-10-13-37-19-23/h3-10,13-15,17-19H,11-12,16,20H2,1-2H3. The molecule has 0 bridgehead atoms. The predicted octanol–water partition coefficient (Wildman–Crippen LogP) is 5.12. The first-order valence-corrected chi connectivity index (χ1v) is 13.4. The molecule has 0 radical (unpaired) electrons.